The Morgan fingerprint density at radius 3 is 1.81 bits per heavy atom. The highest BCUT2D eigenvalue weighted by Crippen LogP contribution is 1.86. The second-order valence-corrected chi connectivity index (χ2v) is 3.10. The molecule has 0 aromatic carbocycles. The lowest BCUT2D eigenvalue weighted by Crippen LogP contribution is -2.40. The number of hydrogen-bond donors (Lipinski definition) is 5. The molecule has 0 aromatic heterocycles. The Morgan fingerprint density at radius 2 is 1.75 bits per heavy atom. The van der Waals surface area contributed by atoms with Crippen molar-refractivity contribution < 1.29 is 14.7 Å². The van der Waals surface area contributed by atoms with Crippen LogP contribution >= 0.6 is 50.1 Å². The summed E-state index contributed by atoms with van der Waals surface area (Å²) in [5.41, 5.74) is 4.95. The Balaban J connectivity index is -0.000000105. The highest BCUT2D eigenvalue weighted by Gasteiger charge is 2.15. The van der Waals surface area contributed by atoms with Gasteiger partial charge in [0.1, 0.15) is 6.04 Å². The summed E-state index contributed by atoms with van der Waals surface area (Å²) in [6, 6.07) is -0.874. The molecule has 1 atom stereocenters. The van der Waals surface area contributed by atoms with Crippen LogP contribution in [0, 0.1) is 0 Å². The number of amides is 1. The Kier molecular flexibility index (Phi) is 27.6. The molecule has 0 aliphatic rings. The summed E-state index contributed by atoms with van der Waals surface area (Å²) in [5.74, 6) is -0.527. The van der Waals surface area contributed by atoms with Gasteiger partial charge in [-0.25, -0.2) is 4.79 Å². The fourth-order valence-electron chi connectivity index (χ4n) is 0.431. The second-order valence-electron chi connectivity index (χ2n) is 2.29. The van der Waals surface area contributed by atoms with Crippen molar-refractivity contribution in [2.24, 2.45) is 5.73 Å². The number of halogens is 2. The predicted octanol–water partition coefficient (Wildman–Crippen LogP) is 0.224. The molecule has 100 valence electrons. The lowest BCUT2D eigenvalue weighted by atomic mass is 10.3. The molecule has 0 rings (SSSR count). The van der Waals surface area contributed by atoms with Gasteiger partial charge < -0.3 is 16.2 Å². The Morgan fingerprint density at radius 1 is 1.38 bits per heavy atom. The van der Waals surface area contributed by atoms with Crippen LogP contribution in [0.25, 0.3) is 0 Å². The van der Waals surface area contributed by atoms with Gasteiger partial charge >= 0.3 is 5.97 Å². The van der Waals surface area contributed by atoms with Crippen LogP contribution in [0.3, 0.4) is 0 Å². The zero-order valence-electron chi connectivity index (χ0n) is 8.75. The van der Waals surface area contributed by atoms with Crippen molar-refractivity contribution >= 4 is 61.9 Å². The minimum Gasteiger partial charge on any atom is -0.480 e. The van der Waals surface area contributed by atoms with E-state index in [1.165, 1.54) is 6.92 Å². The topological polar surface area (TPSA) is 92.4 Å². The van der Waals surface area contributed by atoms with Gasteiger partial charge in [-0.05, 0) is 0 Å². The molecule has 0 heterocycles. The maximum Gasteiger partial charge on any atom is 0.327 e. The molecule has 0 aliphatic carbocycles. The minimum atomic E-state index is -1.06. The van der Waals surface area contributed by atoms with E-state index in [2.05, 4.69) is 30.6 Å². The summed E-state index contributed by atoms with van der Waals surface area (Å²) in [6.07, 6.45) is 0. The fraction of sp³-hybridized carbons (Fsp3) is 0.714. The second kappa shape index (κ2) is 17.6. The van der Waals surface area contributed by atoms with E-state index in [-0.39, 0.29) is 36.5 Å². The summed E-state index contributed by atoms with van der Waals surface area (Å²) in [7, 11) is 0. The van der Waals surface area contributed by atoms with Gasteiger partial charge in [-0.2, -0.15) is 25.3 Å². The molecule has 4 N–H and O–H groups in total. The van der Waals surface area contributed by atoms with Crippen LogP contribution in [0.15, 0.2) is 0 Å². The Bertz CT molecular complexity index is 185. The van der Waals surface area contributed by atoms with Crippen molar-refractivity contribution in [3.05, 3.63) is 0 Å². The number of carbonyl (C=O) groups excluding carboxylic acids is 1. The third-order valence-corrected chi connectivity index (χ3v) is 1.61. The van der Waals surface area contributed by atoms with Crippen molar-refractivity contribution in [2.75, 3.05) is 18.1 Å². The molecule has 9 heteroatoms. The number of hydrogen-bond acceptors (Lipinski definition) is 5. The first-order valence-corrected chi connectivity index (χ1v) is 5.17. The average molecular weight is 313 g/mol. The van der Waals surface area contributed by atoms with Crippen LogP contribution in [0.4, 0.5) is 0 Å². The van der Waals surface area contributed by atoms with Gasteiger partial charge in [-0.15, -0.1) is 24.8 Å². The van der Waals surface area contributed by atoms with E-state index in [0.29, 0.717) is 6.54 Å². The molecule has 0 unspecified atom stereocenters. The number of carboxylic acid groups (broad SMARTS) is 1. The van der Waals surface area contributed by atoms with E-state index in [9.17, 15) is 9.59 Å². The van der Waals surface area contributed by atoms with E-state index in [1.54, 1.807) is 0 Å². The maximum atomic E-state index is 10.3. The van der Waals surface area contributed by atoms with Crippen LogP contribution in [-0.4, -0.2) is 41.1 Å². The van der Waals surface area contributed by atoms with E-state index in [4.69, 9.17) is 10.8 Å². The molecule has 16 heavy (non-hydrogen) atoms. The number of carbonyl (C=O) groups is 2. The number of rotatable bonds is 4. The van der Waals surface area contributed by atoms with Gasteiger partial charge in [0.2, 0.25) is 5.91 Å². The van der Waals surface area contributed by atoms with E-state index >= 15 is 0 Å². The summed E-state index contributed by atoms with van der Waals surface area (Å²) < 4.78 is 0. The summed E-state index contributed by atoms with van der Waals surface area (Å²) >= 11 is 7.53. The molecule has 0 bridgehead atoms. The van der Waals surface area contributed by atoms with Crippen LogP contribution in [0.1, 0.15) is 6.92 Å². The Hall–Kier alpha value is 0.180. The standard InChI is InChI=1S/C5H9NO3S.C2H7NS.2ClH/c1-3(7)6-4(2-10)5(8)9;3-1-2-4;;/h4,10H,2H2,1H3,(H,6,7)(H,8,9);4H,1-3H2;2*1H/t4-;;;/m0.../s1. The van der Waals surface area contributed by atoms with E-state index in [1.807, 2.05) is 0 Å². The highest BCUT2D eigenvalue weighted by molar-refractivity contribution is 7.80. The van der Waals surface area contributed by atoms with Crippen LogP contribution in [-0.2, 0) is 9.59 Å². The average Bonchev–Trinajstić information content (AvgIpc) is 2.14. The number of carboxylic acids is 1. The molecular weight excluding hydrogens is 295 g/mol. The third kappa shape index (κ3) is 19.7. The number of aliphatic carboxylic acids is 1. The summed E-state index contributed by atoms with van der Waals surface area (Å²) in [5, 5.41) is 10.6. The van der Waals surface area contributed by atoms with E-state index in [0.717, 1.165) is 5.75 Å². The molecule has 1 amide bonds. The van der Waals surface area contributed by atoms with Crippen molar-refractivity contribution in [3.8, 4) is 0 Å². The molecule has 0 saturated heterocycles. The first-order chi connectivity index (χ1) is 6.49. The van der Waals surface area contributed by atoms with Gasteiger partial charge in [-0.1, -0.05) is 0 Å². The maximum absolute atomic E-state index is 10.3. The monoisotopic (exact) mass is 312 g/mol. The summed E-state index contributed by atoms with van der Waals surface area (Å²) in [4.78, 5) is 20.5. The third-order valence-electron chi connectivity index (χ3n) is 0.987. The van der Waals surface area contributed by atoms with E-state index < -0.39 is 12.0 Å². The van der Waals surface area contributed by atoms with Gasteiger partial charge in [0.15, 0.2) is 0 Å². The fourth-order valence-corrected chi connectivity index (χ4v) is 0.678. The first kappa shape index (κ1) is 25.1. The first-order valence-electron chi connectivity index (χ1n) is 3.91. The van der Waals surface area contributed by atoms with Crippen molar-refractivity contribution in [3.63, 3.8) is 0 Å². The van der Waals surface area contributed by atoms with Crippen molar-refractivity contribution in [1.82, 2.24) is 5.32 Å². The number of nitrogens with one attached hydrogen (secondary N) is 1. The molecule has 0 aliphatic heterocycles. The zero-order chi connectivity index (χ0) is 11.6. The van der Waals surface area contributed by atoms with Gasteiger partial charge in [0, 0.05) is 25.0 Å². The molecule has 0 radical (unpaired) electrons. The predicted molar refractivity (Wildman–Crippen MR) is 76.5 cm³/mol. The van der Waals surface area contributed by atoms with Crippen LogP contribution < -0.4 is 11.1 Å². The quantitative estimate of drug-likeness (QED) is 0.480. The number of nitrogens with two attached hydrogens (primary N) is 1. The molecule has 0 aromatic rings. The van der Waals surface area contributed by atoms with Crippen molar-refractivity contribution in [1.29, 1.82) is 0 Å². The molecule has 0 saturated carbocycles. The van der Waals surface area contributed by atoms with Gasteiger partial charge in [-0.3, -0.25) is 4.79 Å². The van der Waals surface area contributed by atoms with Crippen LogP contribution in [0.2, 0.25) is 0 Å². The molecule has 5 nitrogen and oxygen atoms in total. The smallest absolute Gasteiger partial charge is 0.327 e. The number of thiol groups is 2. The summed E-state index contributed by atoms with van der Waals surface area (Å²) in [6.45, 7) is 1.95. The van der Waals surface area contributed by atoms with Gasteiger partial charge in [0.05, 0.1) is 0 Å². The largest absolute Gasteiger partial charge is 0.480 e. The zero-order valence-corrected chi connectivity index (χ0v) is 12.2. The molecule has 0 spiro atoms. The lowest BCUT2D eigenvalue weighted by molar-refractivity contribution is -0.140. The van der Waals surface area contributed by atoms with Crippen LogP contribution in [0.5, 0.6) is 0 Å². The molecular formula is C7H18Cl2N2O3S2. The Labute approximate surface area is 119 Å². The van der Waals surface area contributed by atoms with Crippen molar-refractivity contribution in [2.45, 2.75) is 13.0 Å². The normalized spacial score (nSPS) is 9.50. The minimum absolute atomic E-state index is 0. The SMILES string of the molecule is CC(=O)N[C@@H](CS)C(=O)O.Cl.Cl.NCCS. The van der Waals surface area contributed by atoms with Gasteiger partial charge in [0.25, 0.3) is 0 Å². The molecule has 0 fully saturated rings. The lowest BCUT2D eigenvalue weighted by Gasteiger charge is -2.08. The highest BCUT2D eigenvalue weighted by atomic mass is 35.5.